The molecule has 1 aliphatic heterocycles. The van der Waals surface area contributed by atoms with Crippen molar-refractivity contribution >= 4 is 5.83 Å². The van der Waals surface area contributed by atoms with Gasteiger partial charge in [-0.05, 0) is 24.6 Å². The number of rotatable bonds is 6. The maximum atomic E-state index is 13.9. The fourth-order valence-electron chi connectivity index (χ4n) is 3.04. The molecule has 0 aromatic heterocycles. The van der Waals surface area contributed by atoms with E-state index in [2.05, 4.69) is 4.74 Å². The van der Waals surface area contributed by atoms with Crippen LogP contribution in [0.5, 0.6) is 0 Å². The molecular weight excluding hydrogens is 414 g/mol. The molecule has 9 heteroatoms. The van der Waals surface area contributed by atoms with Crippen LogP contribution in [0.1, 0.15) is 47.8 Å². The van der Waals surface area contributed by atoms with Gasteiger partial charge in [0, 0.05) is 17.0 Å². The van der Waals surface area contributed by atoms with Gasteiger partial charge in [-0.2, -0.15) is 8.78 Å². The van der Waals surface area contributed by atoms with E-state index in [1.54, 1.807) is 12.1 Å². The van der Waals surface area contributed by atoms with Crippen LogP contribution in [0.2, 0.25) is 0 Å². The SMILES string of the molecule is CCO/C(F)=C(\F)c1ccc(C2COC(c3cc(F)c(C(F)F)c(F)c3)OC2)cc1. The standard InChI is InChI=1S/C21H18F6O3/c1-2-28-20(27)18(24)12-5-3-11(4-6-12)14-9-29-21(30-10-14)13-7-15(22)17(19(25)26)16(23)8-13/h3-8,14,19,21H,2,9-10H2,1H3/b20-18-. The summed E-state index contributed by atoms with van der Waals surface area (Å²) < 4.78 is 95.6. The maximum Gasteiger partial charge on any atom is 0.309 e. The average molecular weight is 432 g/mol. The Bertz CT molecular complexity index is 882. The van der Waals surface area contributed by atoms with E-state index in [-0.39, 0.29) is 36.9 Å². The van der Waals surface area contributed by atoms with Crippen molar-refractivity contribution in [2.75, 3.05) is 19.8 Å². The van der Waals surface area contributed by atoms with Gasteiger partial charge in [-0.15, -0.1) is 0 Å². The predicted octanol–water partition coefficient (Wildman–Crippen LogP) is 6.33. The maximum absolute atomic E-state index is 13.9. The molecular formula is C21H18F6O3. The van der Waals surface area contributed by atoms with Crippen molar-refractivity contribution in [3.05, 3.63) is 76.3 Å². The van der Waals surface area contributed by atoms with Gasteiger partial charge in [-0.1, -0.05) is 24.3 Å². The molecule has 162 valence electrons. The highest BCUT2D eigenvalue weighted by Gasteiger charge is 2.28. The fourth-order valence-corrected chi connectivity index (χ4v) is 3.04. The normalized spacial score (nSPS) is 20.3. The van der Waals surface area contributed by atoms with Gasteiger partial charge in [0.25, 0.3) is 6.43 Å². The Morgan fingerprint density at radius 2 is 1.57 bits per heavy atom. The smallest absolute Gasteiger partial charge is 0.309 e. The third-order valence-electron chi connectivity index (χ3n) is 4.57. The molecule has 30 heavy (non-hydrogen) atoms. The van der Waals surface area contributed by atoms with E-state index in [0.717, 1.165) is 12.1 Å². The first-order valence-electron chi connectivity index (χ1n) is 9.10. The van der Waals surface area contributed by atoms with Crippen LogP contribution in [0.4, 0.5) is 26.3 Å². The Hall–Kier alpha value is -2.52. The van der Waals surface area contributed by atoms with E-state index < -0.39 is 41.8 Å². The first kappa shape index (κ1) is 22.2. The van der Waals surface area contributed by atoms with E-state index in [9.17, 15) is 26.3 Å². The zero-order valence-electron chi connectivity index (χ0n) is 15.8. The third-order valence-corrected chi connectivity index (χ3v) is 4.57. The zero-order chi connectivity index (χ0) is 21.8. The molecule has 1 aliphatic rings. The Morgan fingerprint density at radius 3 is 2.07 bits per heavy atom. The number of hydrogen-bond donors (Lipinski definition) is 0. The van der Waals surface area contributed by atoms with Gasteiger partial charge in [0.2, 0.25) is 5.83 Å². The van der Waals surface area contributed by atoms with Crippen LogP contribution in [0.3, 0.4) is 0 Å². The van der Waals surface area contributed by atoms with Gasteiger partial charge >= 0.3 is 6.01 Å². The van der Waals surface area contributed by atoms with Gasteiger partial charge in [0.15, 0.2) is 6.29 Å². The van der Waals surface area contributed by atoms with Crippen molar-refractivity contribution in [1.29, 1.82) is 0 Å². The van der Waals surface area contributed by atoms with E-state index in [1.165, 1.54) is 19.1 Å². The minimum absolute atomic E-state index is 0.00490. The molecule has 3 rings (SSSR count). The van der Waals surface area contributed by atoms with Crippen LogP contribution in [0.25, 0.3) is 5.83 Å². The van der Waals surface area contributed by atoms with E-state index in [1.807, 2.05) is 0 Å². The first-order valence-corrected chi connectivity index (χ1v) is 9.10. The second kappa shape index (κ2) is 9.53. The molecule has 2 aromatic rings. The van der Waals surface area contributed by atoms with Crippen LogP contribution >= 0.6 is 0 Å². The van der Waals surface area contributed by atoms with Crippen LogP contribution < -0.4 is 0 Å². The first-order chi connectivity index (χ1) is 14.3. The monoisotopic (exact) mass is 432 g/mol. The number of halogens is 6. The van der Waals surface area contributed by atoms with Crippen LogP contribution in [-0.2, 0) is 14.2 Å². The zero-order valence-corrected chi connectivity index (χ0v) is 15.8. The largest absolute Gasteiger partial charge is 0.469 e. The van der Waals surface area contributed by atoms with Crippen LogP contribution in [0.15, 0.2) is 42.4 Å². The average Bonchev–Trinajstić information content (AvgIpc) is 2.73. The lowest BCUT2D eigenvalue weighted by molar-refractivity contribution is -0.192. The summed E-state index contributed by atoms with van der Waals surface area (Å²) in [6.07, 6.45) is -4.39. The summed E-state index contributed by atoms with van der Waals surface area (Å²) in [6.45, 7) is 1.74. The molecule has 1 fully saturated rings. The Morgan fingerprint density at radius 1 is 1.00 bits per heavy atom. The van der Waals surface area contributed by atoms with Crippen molar-refractivity contribution in [2.24, 2.45) is 0 Å². The summed E-state index contributed by atoms with van der Waals surface area (Å²) in [6, 6.07) is 6.12. The molecule has 3 nitrogen and oxygen atoms in total. The van der Waals surface area contributed by atoms with Crippen molar-refractivity contribution in [1.82, 2.24) is 0 Å². The van der Waals surface area contributed by atoms with E-state index >= 15 is 0 Å². The lowest BCUT2D eigenvalue weighted by atomic mass is 9.98. The van der Waals surface area contributed by atoms with E-state index in [0.29, 0.717) is 5.56 Å². The molecule has 2 aromatic carbocycles. The van der Waals surface area contributed by atoms with Crippen molar-refractivity contribution in [2.45, 2.75) is 25.6 Å². The van der Waals surface area contributed by atoms with Gasteiger partial charge < -0.3 is 14.2 Å². The molecule has 0 saturated carbocycles. The Kier molecular flexibility index (Phi) is 7.04. The highest BCUT2D eigenvalue weighted by atomic mass is 19.3. The molecule has 0 atom stereocenters. The van der Waals surface area contributed by atoms with Crippen LogP contribution in [-0.4, -0.2) is 19.8 Å². The molecule has 1 heterocycles. The van der Waals surface area contributed by atoms with Gasteiger partial charge in [0.1, 0.15) is 11.6 Å². The predicted molar refractivity (Wildman–Crippen MR) is 95.9 cm³/mol. The van der Waals surface area contributed by atoms with Gasteiger partial charge in [-0.3, -0.25) is 0 Å². The molecule has 0 radical (unpaired) electrons. The minimum atomic E-state index is -3.28. The lowest BCUT2D eigenvalue weighted by Gasteiger charge is -2.30. The number of hydrogen-bond acceptors (Lipinski definition) is 3. The number of ether oxygens (including phenoxy) is 3. The topological polar surface area (TPSA) is 27.7 Å². The summed E-state index contributed by atoms with van der Waals surface area (Å²) in [5, 5.41) is 0. The summed E-state index contributed by atoms with van der Waals surface area (Å²) in [4.78, 5) is 0. The third kappa shape index (κ3) is 4.79. The van der Waals surface area contributed by atoms with Gasteiger partial charge in [0.05, 0.1) is 25.4 Å². The molecule has 1 saturated heterocycles. The summed E-state index contributed by atoms with van der Waals surface area (Å²) in [5.41, 5.74) is -0.631. The molecule has 0 N–H and O–H groups in total. The second-order valence-electron chi connectivity index (χ2n) is 6.54. The van der Waals surface area contributed by atoms with Gasteiger partial charge in [-0.25, -0.2) is 17.6 Å². The molecule has 0 unspecified atom stereocenters. The van der Waals surface area contributed by atoms with Crippen LogP contribution in [0, 0.1) is 11.6 Å². The number of alkyl halides is 2. The molecule has 0 aliphatic carbocycles. The fraction of sp³-hybridized carbons (Fsp3) is 0.333. The Labute approximate surface area is 168 Å². The highest BCUT2D eigenvalue weighted by molar-refractivity contribution is 5.60. The summed E-state index contributed by atoms with van der Waals surface area (Å²) in [7, 11) is 0. The number of benzene rings is 2. The van der Waals surface area contributed by atoms with Crippen molar-refractivity contribution in [3.8, 4) is 0 Å². The quantitative estimate of drug-likeness (QED) is 0.394. The van der Waals surface area contributed by atoms with E-state index in [4.69, 9.17) is 9.47 Å². The Balaban J connectivity index is 1.67. The molecule has 0 bridgehead atoms. The van der Waals surface area contributed by atoms with Crippen molar-refractivity contribution < 1.29 is 40.6 Å². The van der Waals surface area contributed by atoms with Crippen molar-refractivity contribution in [3.63, 3.8) is 0 Å². The second-order valence-corrected chi connectivity index (χ2v) is 6.54. The molecule has 0 spiro atoms. The summed E-state index contributed by atoms with van der Waals surface area (Å²) >= 11 is 0. The summed E-state index contributed by atoms with van der Waals surface area (Å²) in [5.74, 6) is -4.14. The minimum Gasteiger partial charge on any atom is -0.469 e. The highest BCUT2D eigenvalue weighted by Crippen LogP contribution is 2.34. The lowest BCUT2D eigenvalue weighted by Crippen LogP contribution is -2.26. The molecule has 0 amide bonds.